The van der Waals surface area contributed by atoms with E-state index in [2.05, 4.69) is 21.2 Å². The highest BCUT2D eigenvalue weighted by atomic mass is 79.9. The number of methoxy groups -OCH3 is 1. The van der Waals surface area contributed by atoms with Crippen molar-refractivity contribution in [1.29, 1.82) is 0 Å². The number of nitrogens with two attached hydrogens (primary N) is 1. The van der Waals surface area contributed by atoms with E-state index in [1.54, 1.807) is 7.11 Å². The van der Waals surface area contributed by atoms with E-state index in [0.717, 1.165) is 28.6 Å². The maximum absolute atomic E-state index is 12.7. The fraction of sp³-hybridized carbons (Fsp3) is 0.632. The first kappa shape index (κ1) is 17.7. The van der Waals surface area contributed by atoms with E-state index in [1.165, 1.54) is 19.3 Å². The van der Waals surface area contributed by atoms with Crippen LogP contribution in [0.2, 0.25) is 0 Å². The van der Waals surface area contributed by atoms with Gasteiger partial charge in [-0.15, -0.1) is 0 Å². The summed E-state index contributed by atoms with van der Waals surface area (Å²) in [5, 5.41) is 3.19. The summed E-state index contributed by atoms with van der Waals surface area (Å²) in [6.07, 6.45) is 5.53. The van der Waals surface area contributed by atoms with Crippen LogP contribution in [0.15, 0.2) is 22.7 Å². The third kappa shape index (κ3) is 3.62. The zero-order chi connectivity index (χ0) is 17.3. The van der Waals surface area contributed by atoms with Crippen molar-refractivity contribution in [2.45, 2.75) is 51.1 Å². The molecule has 0 radical (unpaired) electrons. The second-order valence-electron chi connectivity index (χ2n) is 7.32. The number of ether oxygens (including phenoxy) is 1. The van der Waals surface area contributed by atoms with E-state index in [9.17, 15) is 4.79 Å². The van der Waals surface area contributed by atoms with Crippen molar-refractivity contribution in [3.05, 3.63) is 28.2 Å². The molecule has 1 aromatic rings. The molecule has 3 rings (SSSR count). The van der Waals surface area contributed by atoms with Crippen molar-refractivity contribution in [2.75, 3.05) is 7.11 Å². The number of rotatable bonds is 4. The molecule has 1 aromatic carbocycles. The molecule has 2 aliphatic carbocycles. The fourth-order valence-corrected chi connectivity index (χ4v) is 4.93. The molecule has 0 spiro atoms. The predicted molar refractivity (Wildman–Crippen MR) is 98.8 cm³/mol. The van der Waals surface area contributed by atoms with Gasteiger partial charge >= 0.3 is 0 Å². The predicted octanol–water partition coefficient (Wildman–Crippen LogP) is 3.79. The van der Waals surface area contributed by atoms with Crippen LogP contribution in [-0.2, 0) is 4.79 Å². The normalized spacial score (nSPS) is 30.5. The Morgan fingerprint density at radius 3 is 2.58 bits per heavy atom. The minimum absolute atomic E-state index is 0.0184. The molecule has 2 fully saturated rings. The number of hydrogen-bond donors (Lipinski definition) is 2. The molecular weight excluding hydrogens is 368 g/mol. The van der Waals surface area contributed by atoms with Gasteiger partial charge in [0.2, 0.25) is 5.91 Å². The number of carbonyl (C=O) groups excluding carboxylic acids is 1. The van der Waals surface area contributed by atoms with Gasteiger partial charge in [-0.05, 0) is 78.1 Å². The Kier molecular flexibility index (Phi) is 5.50. The van der Waals surface area contributed by atoms with Gasteiger partial charge in [-0.1, -0.05) is 12.5 Å². The number of benzene rings is 1. The van der Waals surface area contributed by atoms with Gasteiger partial charge in [-0.25, -0.2) is 0 Å². The molecule has 0 saturated heterocycles. The first-order valence-corrected chi connectivity index (χ1v) is 9.68. The van der Waals surface area contributed by atoms with Crippen LogP contribution in [-0.4, -0.2) is 19.1 Å². The summed E-state index contributed by atoms with van der Waals surface area (Å²) in [5.74, 6) is 2.14. The molecule has 5 heteroatoms. The lowest BCUT2D eigenvalue weighted by atomic mass is 9.65. The number of carbonyl (C=O) groups is 1. The Bertz CT molecular complexity index is 593. The average Bonchev–Trinajstić information content (AvgIpc) is 2.54. The highest BCUT2D eigenvalue weighted by molar-refractivity contribution is 9.10. The van der Waals surface area contributed by atoms with E-state index in [4.69, 9.17) is 10.5 Å². The molecule has 0 heterocycles. The molecular formula is C19H27BrN2O2. The highest BCUT2D eigenvalue weighted by Gasteiger charge is 2.40. The zero-order valence-corrected chi connectivity index (χ0v) is 16.0. The quantitative estimate of drug-likeness (QED) is 0.816. The molecule has 2 aliphatic rings. The van der Waals surface area contributed by atoms with Crippen molar-refractivity contribution in [3.8, 4) is 5.75 Å². The first-order chi connectivity index (χ1) is 11.5. The summed E-state index contributed by atoms with van der Waals surface area (Å²) in [6, 6.07) is 6.22. The van der Waals surface area contributed by atoms with Gasteiger partial charge < -0.3 is 15.8 Å². The third-order valence-electron chi connectivity index (χ3n) is 5.82. The van der Waals surface area contributed by atoms with Gasteiger partial charge in [0.1, 0.15) is 5.75 Å². The van der Waals surface area contributed by atoms with Crippen LogP contribution < -0.4 is 15.8 Å². The first-order valence-electron chi connectivity index (χ1n) is 8.89. The molecule has 24 heavy (non-hydrogen) atoms. The topological polar surface area (TPSA) is 64.3 Å². The van der Waals surface area contributed by atoms with Crippen molar-refractivity contribution in [3.63, 3.8) is 0 Å². The van der Waals surface area contributed by atoms with Crippen molar-refractivity contribution >= 4 is 21.8 Å². The van der Waals surface area contributed by atoms with Crippen LogP contribution in [0.4, 0.5) is 0 Å². The number of hydrogen-bond acceptors (Lipinski definition) is 3. The summed E-state index contributed by atoms with van der Waals surface area (Å²) < 4.78 is 6.17. The van der Waals surface area contributed by atoms with Crippen LogP contribution in [0.3, 0.4) is 0 Å². The molecule has 4 nitrogen and oxygen atoms in total. The van der Waals surface area contributed by atoms with Gasteiger partial charge in [0, 0.05) is 12.0 Å². The Hall–Kier alpha value is -1.07. The maximum atomic E-state index is 12.7. The third-order valence-corrected chi connectivity index (χ3v) is 6.44. The van der Waals surface area contributed by atoms with E-state index in [-0.39, 0.29) is 17.9 Å². The molecule has 2 saturated carbocycles. The van der Waals surface area contributed by atoms with E-state index in [0.29, 0.717) is 17.9 Å². The summed E-state index contributed by atoms with van der Waals surface area (Å²) in [6.45, 7) is 2.03. The second-order valence-corrected chi connectivity index (χ2v) is 8.18. The molecule has 0 aliphatic heterocycles. The maximum Gasteiger partial charge on any atom is 0.223 e. The van der Waals surface area contributed by atoms with Crippen molar-refractivity contribution < 1.29 is 9.53 Å². The van der Waals surface area contributed by atoms with Crippen LogP contribution in [0.5, 0.6) is 5.75 Å². The van der Waals surface area contributed by atoms with Crippen LogP contribution in [0.25, 0.3) is 0 Å². The molecule has 132 valence electrons. The number of fused-ring (bicyclic) bond motifs is 2. The standard InChI is InChI=1S/C19H27BrN2O2/c1-11(12-6-7-17(24-2)16(20)10-12)22-19(23)15-8-13-4-3-5-14(9-15)18(13)21/h6-7,10-11,13-15,18H,3-5,8-9,21H2,1-2H3,(H,22,23). The average molecular weight is 395 g/mol. The van der Waals surface area contributed by atoms with E-state index < -0.39 is 0 Å². The Morgan fingerprint density at radius 1 is 1.33 bits per heavy atom. The van der Waals surface area contributed by atoms with Crippen LogP contribution in [0.1, 0.15) is 50.6 Å². The fourth-order valence-electron chi connectivity index (χ4n) is 4.37. The largest absolute Gasteiger partial charge is 0.496 e. The van der Waals surface area contributed by atoms with Crippen molar-refractivity contribution in [2.24, 2.45) is 23.5 Å². The SMILES string of the molecule is COc1ccc(C(C)NC(=O)C2CC3CCCC(C2)C3N)cc1Br. The van der Waals surface area contributed by atoms with Crippen molar-refractivity contribution in [1.82, 2.24) is 5.32 Å². The lowest BCUT2D eigenvalue weighted by Gasteiger charge is -2.43. The smallest absolute Gasteiger partial charge is 0.223 e. The molecule has 3 atom stereocenters. The second kappa shape index (κ2) is 7.44. The number of halogens is 1. The van der Waals surface area contributed by atoms with Gasteiger partial charge in [-0.2, -0.15) is 0 Å². The van der Waals surface area contributed by atoms with Gasteiger partial charge in [0.25, 0.3) is 0 Å². The van der Waals surface area contributed by atoms with Gasteiger partial charge in [0.05, 0.1) is 17.6 Å². The molecule has 3 unspecified atom stereocenters. The minimum Gasteiger partial charge on any atom is -0.496 e. The number of nitrogens with one attached hydrogen (secondary N) is 1. The monoisotopic (exact) mass is 394 g/mol. The highest BCUT2D eigenvalue weighted by Crippen LogP contribution is 2.42. The summed E-state index contributed by atoms with van der Waals surface area (Å²) >= 11 is 3.51. The molecule has 2 bridgehead atoms. The van der Waals surface area contributed by atoms with Crippen LogP contribution >= 0.6 is 15.9 Å². The Balaban J connectivity index is 1.63. The van der Waals surface area contributed by atoms with E-state index >= 15 is 0 Å². The number of amides is 1. The van der Waals surface area contributed by atoms with E-state index in [1.807, 2.05) is 25.1 Å². The molecule has 0 aromatic heterocycles. The lowest BCUT2D eigenvalue weighted by molar-refractivity contribution is -0.128. The Labute approximate surface area is 152 Å². The zero-order valence-electron chi connectivity index (χ0n) is 14.4. The molecule has 1 amide bonds. The van der Waals surface area contributed by atoms with Gasteiger partial charge in [-0.3, -0.25) is 4.79 Å². The van der Waals surface area contributed by atoms with Crippen LogP contribution in [0, 0.1) is 17.8 Å². The minimum atomic E-state index is -0.0184. The summed E-state index contributed by atoms with van der Waals surface area (Å²) in [7, 11) is 1.65. The molecule has 3 N–H and O–H groups in total. The van der Waals surface area contributed by atoms with Gasteiger partial charge in [0.15, 0.2) is 0 Å². The Morgan fingerprint density at radius 2 is 2.00 bits per heavy atom. The summed E-state index contributed by atoms with van der Waals surface area (Å²) in [4.78, 5) is 12.7. The summed E-state index contributed by atoms with van der Waals surface area (Å²) in [5.41, 5.74) is 7.41. The lowest BCUT2D eigenvalue weighted by Crippen LogP contribution is -2.49.